The molecular formula is C15H14N2O. The number of hydrogen-bond donors (Lipinski definition) is 1. The van der Waals surface area contributed by atoms with Crippen LogP contribution in [0.15, 0.2) is 42.5 Å². The van der Waals surface area contributed by atoms with Crippen LogP contribution in [0, 0.1) is 6.92 Å². The first kappa shape index (κ1) is 10.8. The van der Waals surface area contributed by atoms with Gasteiger partial charge < -0.3 is 9.72 Å². The SMILES string of the molecule is COc1ccc(C)nc1-c1cc2ccccc2[nH]1. The first-order valence-corrected chi connectivity index (χ1v) is 5.87. The maximum Gasteiger partial charge on any atom is 0.146 e. The van der Waals surface area contributed by atoms with Crippen LogP contribution in [-0.4, -0.2) is 17.1 Å². The number of H-pyrrole nitrogens is 1. The molecule has 0 aliphatic carbocycles. The average molecular weight is 238 g/mol. The van der Waals surface area contributed by atoms with E-state index in [1.54, 1.807) is 7.11 Å². The number of fused-ring (bicyclic) bond motifs is 1. The summed E-state index contributed by atoms with van der Waals surface area (Å²) in [6.45, 7) is 1.98. The van der Waals surface area contributed by atoms with Gasteiger partial charge in [-0.3, -0.25) is 0 Å². The molecule has 0 fully saturated rings. The molecule has 1 N–H and O–H groups in total. The van der Waals surface area contributed by atoms with Crippen molar-refractivity contribution in [2.24, 2.45) is 0 Å². The summed E-state index contributed by atoms with van der Waals surface area (Å²) < 4.78 is 5.37. The summed E-state index contributed by atoms with van der Waals surface area (Å²) in [5, 5.41) is 1.18. The molecule has 0 aliphatic rings. The zero-order valence-corrected chi connectivity index (χ0v) is 10.4. The highest BCUT2D eigenvalue weighted by atomic mass is 16.5. The minimum atomic E-state index is 0.784. The fraction of sp³-hybridized carbons (Fsp3) is 0.133. The van der Waals surface area contributed by atoms with Gasteiger partial charge in [-0.1, -0.05) is 18.2 Å². The highest BCUT2D eigenvalue weighted by Crippen LogP contribution is 2.29. The maximum absolute atomic E-state index is 5.37. The third-order valence-corrected chi connectivity index (χ3v) is 3.00. The Labute approximate surface area is 105 Å². The van der Waals surface area contributed by atoms with Crippen molar-refractivity contribution >= 4 is 10.9 Å². The molecule has 0 amide bonds. The molecule has 18 heavy (non-hydrogen) atoms. The van der Waals surface area contributed by atoms with Crippen LogP contribution in [0.3, 0.4) is 0 Å². The molecule has 0 atom stereocenters. The van der Waals surface area contributed by atoms with Gasteiger partial charge in [-0.2, -0.15) is 0 Å². The first-order chi connectivity index (χ1) is 8.78. The van der Waals surface area contributed by atoms with Crippen LogP contribution >= 0.6 is 0 Å². The van der Waals surface area contributed by atoms with Crippen molar-refractivity contribution in [3.63, 3.8) is 0 Å². The molecule has 0 radical (unpaired) electrons. The Hall–Kier alpha value is -2.29. The number of para-hydroxylation sites is 1. The monoisotopic (exact) mass is 238 g/mol. The van der Waals surface area contributed by atoms with Crippen LogP contribution in [-0.2, 0) is 0 Å². The summed E-state index contributed by atoms with van der Waals surface area (Å²) in [6.07, 6.45) is 0. The summed E-state index contributed by atoms with van der Waals surface area (Å²) in [4.78, 5) is 7.92. The van der Waals surface area contributed by atoms with Crippen molar-refractivity contribution in [2.75, 3.05) is 7.11 Å². The topological polar surface area (TPSA) is 37.9 Å². The van der Waals surface area contributed by atoms with Gasteiger partial charge in [0.05, 0.1) is 12.8 Å². The fourth-order valence-electron chi connectivity index (χ4n) is 2.10. The average Bonchev–Trinajstić information content (AvgIpc) is 2.82. The minimum Gasteiger partial charge on any atom is -0.494 e. The highest BCUT2D eigenvalue weighted by molar-refractivity contribution is 5.86. The summed E-state index contributed by atoms with van der Waals surface area (Å²) >= 11 is 0. The van der Waals surface area contributed by atoms with Crippen LogP contribution in [0.5, 0.6) is 5.75 Å². The van der Waals surface area contributed by atoms with E-state index in [2.05, 4.69) is 28.2 Å². The number of aromatic amines is 1. The van der Waals surface area contributed by atoms with Crippen molar-refractivity contribution in [1.82, 2.24) is 9.97 Å². The Balaban J connectivity index is 2.22. The number of aryl methyl sites for hydroxylation is 1. The van der Waals surface area contributed by atoms with Gasteiger partial charge in [0.2, 0.25) is 0 Å². The Bertz CT molecular complexity index is 668. The zero-order chi connectivity index (χ0) is 12.5. The van der Waals surface area contributed by atoms with Crippen molar-refractivity contribution in [1.29, 1.82) is 0 Å². The summed E-state index contributed by atoms with van der Waals surface area (Å²) in [7, 11) is 1.67. The number of aromatic nitrogens is 2. The van der Waals surface area contributed by atoms with Crippen LogP contribution in [0.2, 0.25) is 0 Å². The van der Waals surface area contributed by atoms with Gasteiger partial charge in [0.15, 0.2) is 0 Å². The second kappa shape index (κ2) is 4.18. The van der Waals surface area contributed by atoms with Gasteiger partial charge >= 0.3 is 0 Å². The molecule has 2 aromatic heterocycles. The van der Waals surface area contributed by atoms with E-state index in [1.165, 1.54) is 5.39 Å². The van der Waals surface area contributed by atoms with Crippen molar-refractivity contribution in [2.45, 2.75) is 6.92 Å². The smallest absolute Gasteiger partial charge is 0.146 e. The lowest BCUT2D eigenvalue weighted by Crippen LogP contribution is -1.93. The highest BCUT2D eigenvalue weighted by Gasteiger charge is 2.10. The summed E-state index contributed by atoms with van der Waals surface area (Å²) in [5.74, 6) is 0.784. The van der Waals surface area contributed by atoms with Crippen LogP contribution < -0.4 is 4.74 Å². The van der Waals surface area contributed by atoms with E-state index in [1.807, 2.05) is 31.2 Å². The Kier molecular flexibility index (Phi) is 2.52. The molecule has 0 saturated heterocycles. The standard InChI is InChI=1S/C15H14N2O/c1-10-7-8-14(18-2)15(16-10)13-9-11-5-3-4-6-12(11)17-13/h3-9,17H,1-2H3. The Morgan fingerprint density at radius 1 is 1.11 bits per heavy atom. The van der Waals surface area contributed by atoms with Gasteiger partial charge in [-0.05, 0) is 31.2 Å². The molecule has 3 nitrogen and oxygen atoms in total. The largest absolute Gasteiger partial charge is 0.494 e. The molecule has 0 aliphatic heterocycles. The number of benzene rings is 1. The third-order valence-electron chi connectivity index (χ3n) is 3.00. The molecule has 1 aromatic carbocycles. The van der Waals surface area contributed by atoms with Crippen molar-refractivity contribution < 1.29 is 4.74 Å². The minimum absolute atomic E-state index is 0.784. The number of ether oxygens (including phenoxy) is 1. The van der Waals surface area contributed by atoms with E-state index in [0.29, 0.717) is 0 Å². The van der Waals surface area contributed by atoms with Crippen molar-refractivity contribution in [3.05, 3.63) is 48.2 Å². The lowest BCUT2D eigenvalue weighted by molar-refractivity contribution is 0.414. The van der Waals surface area contributed by atoms with Crippen LogP contribution in [0.1, 0.15) is 5.69 Å². The summed E-state index contributed by atoms with van der Waals surface area (Å²) in [5.41, 5.74) is 3.92. The van der Waals surface area contributed by atoms with E-state index in [9.17, 15) is 0 Å². The van der Waals surface area contributed by atoms with Crippen LogP contribution in [0.25, 0.3) is 22.3 Å². The van der Waals surface area contributed by atoms with Crippen molar-refractivity contribution in [3.8, 4) is 17.1 Å². The molecule has 0 bridgehead atoms. The lowest BCUT2D eigenvalue weighted by atomic mass is 10.2. The first-order valence-electron chi connectivity index (χ1n) is 5.87. The maximum atomic E-state index is 5.37. The second-order valence-electron chi connectivity index (χ2n) is 4.27. The molecule has 2 heterocycles. The molecule has 0 unspecified atom stereocenters. The molecule has 90 valence electrons. The second-order valence-corrected chi connectivity index (χ2v) is 4.27. The number of nitrogens with one attached hydrogen (secondary N) is 1. The van der Waals surface area contributed by atoms with Gasteiger partial charge in [-0.25, -0.2) is 4.98 Å². The third kappa shape index (κ3) is 1.74. The predicted octanol–water partition coefficient (Wildman–Crippen LogP) is 3.55. The van der Waals surface area contributed by atoms with E-state index in [-0.39, 0.29) is 0 Å². The summed E-state index contributed by atoms with van der Waals surface area (Å²) in [6, 6.07) is 14.2. The van der Waals surface area contributed by atoms with E-state index < -0.39 is 0 Å². The van der Waals surface area contributed by atoms with E-state index >= 15 is 0 Å². The number of methoxy groups -OCH3 is 1. The van der Waals surface area contributed by atoms with Crippen LogP contribution in [0.4, 0.5) is 0 Å². The lowest BCUT2D eigenvalue weighted by Gasteiger charge is -2.06. The molecule has 0 spiro atoms. The molecule has 3 aromatic rings. The molecule has 3 rings (SSSR count). The number of pyridine rings is 1. The van der Waals surface area contributed by atoms with Gasteiger partial charge in [-0.15, -0.1) is 0 Å². The molecular weight excluding hydrogens is 224 g/mol. The molecule has 0 saturated carbocycles. The molecule has 3 heteroatoms. The fourth-order valence-corrected chi connectivity index (χ4v) is 2.10. The van der Waals surface area contributed by atoms with Gasteiger partial charge in [0.1, 0.15) is 11.4 Å². The van der Waals surface area contributed by atoms with E-state index in [0.717, 1.165) is 28.3 Å². The van der Waals surface area contributed by atoms with Gasteiger partial charge in [0.25, 0.3) is 0 Å². The quantitative estimate of drug-likeness (QED) is 0.741. The number of hydrogen-bond acceptors (Lipinski definition) is 2. The van der Waals surface area contributed by atoms with E-state index in [4.69, 9.17) is 4.74 Å². The number of nitrogens with zero attached hydrogens (tertiary/aromatic N) is 1. The normalized spacial score (nSPS) is 10.8. The Morgan fingerprint density at radius 3 is 2.72 bits per heavy atom. The Morgan fingerprint density at radius 2 is 1.94 bits per heavy atom. The zero-order valence-electron chi connectivity index (χ0n) is 10.4. The number of rotatable bonds is 2. The van der Waals surface area contributed by atoms with Gasteiger partial charge in [0, 0.05) is 16.6 Å². The predicted molar refractivity (Wildman–Crippen MR) is 72.8 cm³/mol.